The molecule has 0 saturated heterocycles. The normalized spacial score (nSPS) is 12.3. The maximum absolute atomic E-state index is 13.3. The molecule has 3 nitrogen and oxygen atoms in total. The number of nitrogens with one attached hydrogen (secondary N) is 1. The number of rotatable bonds is 5. The number of ether oxygens (including phenoxy) is 2. The van der Waals surface area contributed by atoms with Crippen molar-refractivity contribution in [2.75, 3.05) is 26.1 Å². The molecule has 5 heteroatoms. The summed E-state index contributed by atoms with van der Waals surface area (Å²) in [7, 11) is 2.79. The molecule has 1 aromatic carbocycles. The molecule has 1 unspecified atom stereocenters. The average molecular weight is 231 g/mol. The first-order chi connectivity index (χ1) is 7.58. The van der Waals surface area contributed by atoms with E-state index >= 15 is 0 Å². The SMILES string of the molecule is COCC(C)Nc1cc(F)c(OC)c(F)c1. The second-order valence-corrected chi connectivity index (χ2v) is 3.47. The van der Waals surface area contributed by atoms with E-state index < -0.39 is 11.6 Å². The van der Waals surface area contributed by atoms with Crippen LogP contribution in [0.5, 0.6) is 5.75 Å². The smallest absolute Gasteiger partial charge is 0.190 e. The van der Waals surface area contributed by atoms with Crippen molar-refractivity contribution in [3.8, 4) is 5.75 Å². The Morgan fingerprint density at radius 3 is 2.25 bits per heavy atom. The summed E-state index contributed by atoms with van der Waals surface area (Å²) < 4.78 is 36.1. The first kappa shape index (κ1) is 12.7. The molecule has 0 aliphatic rings. The fraction of sp³-hybridized carbons (Fsp3) is 0.455. The molecular formula is C11H15F2NO2. The lowest BCUT2D eigenvalue weighted by molar-refractivity contribution is 0.190. The third-order valence-corrected chi connectivity index (χ3v) is 2.03. The van der Waals surface area contributed by atoms with Crippen LogP contribution in [0.4, 0.5) is 14.5 Å². The molecule has 1 N–H and O–H groups in total. The van der Waals surface area contributed by atoms with Crippen LogP contribution in [0.2, 0.25) is 0 Å². The molecule has 0 aliphatic heterocycles. The Balaban J connectivity index is 2.83. The molecular weight excluding hydrogens is 216 g/mol. The predicted molar refractivity (Wildman–Crippen MR) is 57.9 cm³/mol. The van der Waals surface area contributed by atoms with Gasteiger partial charge in [0.1, 0.15) is 0 Å². The summed E-state index contributed by atoms with van der Waals surface area (Å²) in [5, 5.41) is 2.92. The number of hydrogen-bond donors (Lipinski definition) is 1. The molecule has 1 rings (SSSR count). The molecule has 0 heterocycles. The fourth-order valence-electron chi connectivity index (χ4n) is 1.41. The van der Waals surface area contributed by atoms with Crippen molar-refractivity contribution in [3.63, 3.8) is 0 Å². The predicted octanol–water partition coefficient (Wildman–Crippen LogP) is 2.42. The molecule has 0 saturated carbocycles. The quantitative estimate of drug-likeness (QED) is 0.844. The lowest BCUT2D eigenvalue weighted by atomic mass is 10.2. The summed E-state index contributed by atoms with van der Waals surface area (Å²) in [6, 6.07) is 2.35. The van der Waals surface area contributed by atoms with Gasteiger partial charge in [0.05, 0.1) is 13.7 Å². The Morgan fingerprint density at radius 1 is 1.25 bits per heavy atom. The van der Waals surface area contributed by atoms with Crippen LogP contribution in [-0.2, 0) is 4.74 Å². The van der Waals surface area contributed by atoms with E-state index in [1.165, 1.54) is 19.2 Å². The van der Waals surface area contributed by atoms with Gasteiger partial charge < -0.3 is 14.8 Å². The highest BCUT2D eigenvalue weighted by molar-refractivity contribution is 5.48. The topological polar surface area (TPSA) is 30.5 Å². The van der Waals surface area contributed by atoms with Crippen LogP contribution in [-0.4, -0.2) is 26.9 Å². The Labute approximate surface area is 93.4 Å². The fourth-order valence-corrected chi connectivity index (χ4v) is 1.41. The number of benzene rings is 1. The van der Waals surface area contributed by atoms with Gasteiger partial charge in [-0.05, 0) is 6.92 Å². The molecule has 90 valence electrons. The zero-order valence-electron chi connectivity index (χ0n) is 9.51. The molecule has 1 atom stereocenters. The van der Waals surface area contributed by atoms with Crippen molar-refractivity contribution in [1.82, 2.24) is 0 Å². The highest BCUT2D eigenvalue weighted by Gasteiger charge is 2.12. The maximum atomic E-state index is 13.3. The zero-order chi connectivity index (χ0) is 12.1. The average Bonchev–Trinajstić information content (AvgIpc) is 2.17. The van der Waals surface area contributed by atoms with Crippen molar-refractivity contribution in [2.45, 2.75) is 13.0 Å². The van der Waals surface area contributed by atoms with Crippen molar-refractivity contribution >= 4 is 5.69 Å². The molecule has 0 aromatic heterocycles. The van der Waals surface area contributed by atoms with Gasteiger partial charge in [0.2, 0.25) is 0 Å². The number of hydrogen-bond acceptors (Lipinski definition) is 3. The summed E-state index contributed by atoms with van der Waals surface area (Å²) >= 11 is 0. The van der Waals surface area contributed by atoms with Gasteiger partial charge in [-0.25, -0.2) is 8.78 Å². The van der Waals surface area contributed by atoms with Crippen LogP contribution in [0.1, 0.15) is 6.92 Å². The number of halogens is 2. The standard InChI is InChI=1S/C11H15F2NO2/c1-7(6-15-2)14-8-4-9(12)11(16-3)10(13)5-8/h4-5,7,14H,6H2,1-3H3. The summed E-state index contributed by atoms with van der Waals surface area (Å²) in [6.07, 6.45) is 0. The third-order valence-electron chi connectivity index (χ3n) is 2.03. The van der Waals surface area contributed by atoms with E-state index in [2.05, 4.69) is 10.1 Å². The van der Waals surface area contributed by atoms with E-state index in [9.17, 15) is 8.78 Å². The lowest BCUT2D eigenvalue weighted by Gasteiger charge is -2.15. The van der Waals surface area contributed by atoms with Crippen molar-refractivity contribution < 1.29 is 18.3 Å². The minimum atomic E-state index is -0.727. The molecule has 0 radical (unpaired) electrons. The Morgan fingerprint density at radius 2 is 1.81 bits per heavy atom. The van der Waals surface area contributed by atoms with E-state index in [1.54, 1.807) is 7.11 Å². The molecule has 1 aromatic rings. The van der Waals surface area contributed by atoms with Gasteiger partial charge in [-0.3, -0.25) is 0 Å². The van der Waals surface area contributed by atoms with Crippen LogP contribution in [0.15, 0.2) is 12.1 Å². The van der Waals surface area contributed by atoms with Gasteiger partial charge in [0, 0.05) is 31.0 Å². The van der Waals surface area contributed by atoms with Crippen LogP contribution < -0.4 is 10.1 Å². The lowest BCUT2D eigenvalue weighted by Crippen LogP contribution is -2.20. The number of methoxy groups -OCH3 is 2. The molecule has 16 heavy (non-hydrogen) atoms. The van der Waals surface area contributed by atoms with Crippen molar-refractivity contribution in [1.29, 1.82) is 0 Å². The van der Waals surface area contributed by atoms with Gasteiger partial charge in [0.25, 0.3) is 0 Å². The first-order valence-electron chi connectivity index (χ1n) is 4.87. The van der Waals surface area contributed by atoms with Crippen LogP contribution in [0.25, 0.3) is 0 Å². The van der Waals surface area contributed by atoms with E-state index in [0.29, 0.717) is 12.3 Å². The minimum absolute atomic E-state index is 0.0304. The van der Waals surface area contributed by atoms with Crippen LogP contribution >= 0.6 is 0 Å². The first-order valence-corrected chi connectivity index (χ1v) is 4.87. The van der Waals surface area contributed by atoms with Gasteiger partial charge >= 0.3 is 0 Å². The summed E-state index contributed by atoms with van der Waals surface area (Å²) in [5.41, 5.74) is 0.361. The van der Waals surface area contributed by atoms with E-state index in [1.807, 2.05) is 6.92 Å². The molecule has 0 fully saturated rings. The second-order valence-electron chi connectivity index (χ2n) is 3.47. The van der Waals surface area contributed by atoms with Crippen LogP contribution in [0, 0.1) is 11.6 Å². The van der Waals surface area contributed by atoms with E-state index in [-0.39, 0.29) is 11.8 Å². The minimum Gasteiger partial charge on any atom is -0.491 e. The Hall–Kier alpha value is -1.36. The molecule has 0 aliphatic carbocycles. The Bertz CT molecular complexity index is 335. The Kier molecular flexibility index (Phi) is 4.49. The summed E-state index contributed by atoms with van der Waals surface area (Å²) in [6.45, 7) is 2.30. The highest BCUT2D eigenvalue weighted by Crippen LogP contribution is 2.25. The van der Waals surface area contributed by atoms with Gasteiger partial charge in [0.15, 0.2) is 17.4 Å². The van der Waals surface area contributed by atoms with E-state index in [4.69, 9.17) is 4.74 Å². The largest absolute Gasteiger partial charge is 0.491 e. The monoisotopic (exact) mass is 231 g/mol. The van der Waals surface area contributed by atoms with Gasteiger partial charge in [-0.1, -0.05) is 0 Å². The maximum Gasteiger partial charge on any atom is 0.190 e. The van der Waals surface area contributed by atoms with Gasteiger partial charge in [-0.2, -0.15) is 0 Å². The molecule has 0 amide bonds. The highest BCUT2D eigenvalue weighted by atomic mass is 19.1. The summed E-state index contributed by atoms with van der Waals surface area (Å²) in [4.78, 5) is 0. The molecule has 0 spiro atoms. The molecule has 0 bridgehead atoms. The van der Waals surface area contributed by atoms with Crippen LogP contribution in [0.3, 0.4) is 0 Å². The number of anilines is 1. The zero-order valence-corrected chi connectivity index (χ0v) is 9.51. The van der Waals surface area contributed by atoms with Crippen molar-refractivity contribution in [2.24, 2.45) is 0 Å². The summed E-state index contributed by atoms with van der Waals surface area (Å²) in [5.74, 6) is -1.82. The third kappa shape index (κ3) is 3.06. The van der Waals surface area contributed by atoms with E-state index in [0.717, 1.165) is 0 Å². The second kappa shape index (κ2) is 5.65. The van der Waals surface area contributed by atoms with Crippen molar-refractivity contribution in [3.05, 3.63) is 23.8 Å². The van der Waals surface area contributed by atoms with Gasteiger partial charge in [-0.15, -0.1) is 0 Å².